The van der Waals surface area contributed by atoms with Gasteiger partial charge in [0, 0.05) is 17.4 Å². The van der Waals surface area contributed by atoms with Crippen molar-refractivity contribution in [2.45, 2.75) is 13.0 Å². The third-order valence-electron chi connectivity index (χ3n) is 1.69. The Balaban J connectivity index is 2.89. The lowest BCUT2D eigenvalue weighted by Crippen LogP contribution is -2.05. The second-order valence-electron chi connectivity index (χ2n) is 2.55. The number of phenols is 1. The fourth-order valence-electron chi connectivity index (χ4n) is 0.875. The molecule has 0 aliphatic heterocycles. The normalized spacial score (nSPS) is 12.4. The Bertz CT molecular complexity index is 281. The van der Waals surface area contributed by atoms with E-state index in [-0.39, 0.29) is 10.7 Å². The van der Waals surface area contributed by atoms with E-state index in [0.29, 0.717) is 5.56 Å². The molecule has 1 aromatic carbocycles. The van der Waals surface area contributed by atoms with E-state index >= 15 is 0 Å². The highest BCUT2D eigenvalue weighted by Gasteiger charge is 2.14. The Kier molecular flexibility index (Phi) is 2.28. The molecule has 0 heterocycles. The number of phenolic OH excluding ortho intramolecular Hbond substituents is 1. The van der Waals surface area contributed by atoms with Crippen LogP contribution in [-0.4, -0.2) is 10.0 Å². The zero-order valence-corrected chi connectivity index (χ0v) is 6.60. The molecule has 0 aromatic heterocycles. The van der Waals surface area contributed by atoms with Gasteiger partial charge in [0.25, 0.3) is 0 Å². The van der Waals surface area contributed by atoms with E-state index < -0.39 is 6.04 Å². The molecule has 0 aliphatic rings. The summed E-state index contributed by atoms with van der Waals surface area (Å²) in [7, 11) is 0. The van der Waals surface area contributed by atoms with E-state index in [1.54, 1.807) is 12.1 Å². The minimum Gasteiger partial charge on any atom is -0.508 e. The molecule has 0 aliphatic carbocycles. The monoisotopic (exact) mass is 167 g/mol. The van der Waals surface area contributed by atoms with E-state index in [9.17, 15) is 10.1 Å². The molecule has 4 heteroatoms. The summed E-state index contributed by atoms with van der Waals surface area (Å²) in [6.07, 6.45) is 0. The second-order valence-corrected chi connectivity index (χ2v) is 2.55. The molecule has 4 nitrogen and oxygen atoms in total. The van der Waals surface area contributed by atoms with Crippen LogP contribution in [0.15, 0.2) is 24.3 Å². The maximum absolute atomic E-state index is 10.3. The number of benzene rings is 1. The minimum atomic E-state index is -0.717. The van der Waals surface area contributed by atoms with Gasteiger partial charge in [-0.25, -0.2) is 0 Å². The van der Waals surface area contributed by atoms with Crippen LogP contribution in [0.25, 0.3) is 0 Å². The molecule has 1 rings (SSSR count). The van der Waals surface area contributed by atoms with Gasteiger partial charge in [0.1, 0.15) is 5.75 Å². The third-order valence-corrected chi connectivity index (χ3v) is 1.69. The van der Waals surface area contributed by atoms with Crippen LogP contribution in [-0.2, 0) is 0 Å². The standard InChI is InChI=1S/C8H9NO3/c1-6(9(11)12)7-2-4-8(10)5-3-7/h2-6,10H,1H3. The van der Waals surface area contributed by atoms with Crippen LogP contribution in [0, 0.1) is 10.1 Å². The topological polar surface area (TPSA) is 63.4 Å². The maximum atomic E-state index is 10.3. The fourth-order valence-corrected chi connectivity index (χ4v) is 0.875. The summed E-state index contributed by atoms with van der Waals surface area (Å²) in [4.78, 5) is 9.96. The van der Waals surface area contributed by atoms with Crippen molar-refractivity contribution in [3.05, 3.63) is 39.9 Å². The molecular weight excluding hydrogens is 158 g/mol. The number of nitro groups is 1. The third kappa shape index (κ3) is 1.72. The van der Waals surface area contributed by atoms with Crippen LogP contribution in [0.3, 0.4) is 0 Å². The lowest BCUT2D eigenvalue weighted by atomic mass is 10.1. The summed E-state index contributed by atoms with van der Waals surface area (Å²) < 4.78 is 0. The van der Waals surface area contributed by atoms with Crippen molar-refractivity contribution in [2.75, 3.05) is 0 Å². The summed E-state index contributed by atoms with van der Waals surface area (Å²) in [6.45, 7) is 1.51. The van der Waals surface area contributed by atoms with Crippen molar-refractivity contribution >= 4 is 0 Å². The summed E-state index contributed by atoms with van der Waals surface area (Å²) >= 11 is 0. The van der Waals surface area contributed by atoms with Crippen LogP contribution in [0.2, 0.25) is 0 Å². The summed E-state index contributed by atoms with van der Waals surface area (Å²) in [5, 5.41) is 19.2. The maximum Gasteiger partial charge on any atom is 0.235 e. The number of aromatic hydroxyl groups is 1. The number of nitrogens with zero attached hydrogens (tertiary/aromatic N) is 1. The molecule has 0 bridgehead atoms. The van der Waals surface area contributed by atoms with Crippen molar-refractivity contribution in [2.24, 2.45) is 0 Å². The van der Waals surface area contributed by atoms with E-state index in [0.717, 1.165) is 0 Å². The molecule has 0 saturated heterocycles. The first-order valence-corrected chi connectivity index (χ1v) is 3.53. The Hall–Kier alpha value is -1.58. The molecule has 0 saturated carbocycles. The quantitative estimate of drug-likeness (QED) is 0.538. The van der Waals surface area contributed by atoms with Crippen LogP contribution in [0.5, 0.6) is 5.75 Å². The largest absolute Gasteiger partial charge is 0.508 e. The average molecular weight is 167 g/mol. The second kappa shape index (κ2) is 3.21. The molecule has 0 fully saturated rings. The molecule has 0 amide bonds. The lowest BCUT2D eigenvalue weighted by Gasteiger charge is -2.02. The molecule has 12 heavy (non-hydrogen) atoms. The summed E-state index contributed by atoms with van der Waals surface area (Å²) in [5.41, 5.74) is 0.595. The average Bonchev–Trinajstić information content (AvgIpc) is 2.04. The summed E-state index contributed by atoms with van der Waals surface area (Å²) in [5.74, 6) is 0.120. The molecule has 0 radical (unpaired) electrons. The first-order chi connectivity index (χ1) is 5.61. The van der Waals surface area contributed by atoms with Crippen molar-refractivity contribution in [1.29, 1.82) is 0 Å². The minimum absolute atomic E-state index is 0.120. The lowest BCUT2D eigenvalue weighted by molar-refractivity contribution is -0.524. The van der Waals surface area contributed by atoms with E-state index in [1.165, 1.54) is 19.1 Å². The predicted octanol–water partition coefficient (Wildman–Crippen LogP) is 1.73. The zero-order chi connectivity index (χ0) is 9.14. The van der Waals surface area contributed by atoms with Crippen molar-refractivity contribution < 1.29 is 10.0 Å². The summed E-state index contributed by atoms with van der Waals surface area (Å²) in [6, 6.07) is 5.25. The van der Waals surface area contributed by atoms with Gasteiger partial charge in [-0.3, -0.25) is 10.1 Å². The van der Waals surface area contributed by atoms with Gasteiger partial charge in [-0.1, -0.05) is 0 Å². The van der Waals surface area contributed by atoms with Gasteiger partial charge in [0.15, 0.2) is 0 Å². The van der Waals surface area contributed by atoms with Crippen LogP contribution >= 0.6 is 0 Å². The molecule has 1 unspecified atom stereocenters. The highest BCUT2D eigenvalue weighted by molar-refractivity contribution is 5.26. The van der Waals surface area contributed by atoms with Crippen molar-refractivity contribution in [3.8, 4) is 5.75 Å². The first kappa shape index (κ1) is 8.52. The van der Waals surface area contributed by atoms with Gasteiger partial charge < -0.3 is 5.11 Å². The van der Waals surface area contributed by atoms with Crippen LogP contribution in [0.4, 0.5) is 0 Å². The highest BCUT2D eigenvalue weighted by atomic mass is 16.6. The van der Waals surface area contributed by atoms with Gasteiger partial charge in [-0.15, -0.1) is 0 Å². The fraction of sp³-hybridized carbons (Fsp3) is 0.250. The predicted molar refractivity (Wildman–Crippen MR) is 43.5 cm³/mol. The van der Waals surface area contributed by atoms with Gasteiger partial charge in [0.2, 0.25) is 6.04 Å². The highest BCUT2D eigenvalue weighted by Crippen LogP contribution is 2.18. The Morgan fingerprint density at radius 2 is 1.92 bits per heavy atom. The molecule has 1 atom stereocenters. The van der Waals surface area contributed by atoms with Gasteiger partial charge >= 0.3 is 0 Å². The van der Waals surface area contributed by atoms with E-state index in [1.807, 2.05) is 0 Å². The zero-order valence-electron chi connectivity index (χ0n) is 6.60. The van der Waals surface area contributed by atoms with Crippen LogP contribution in [0.1, 0.15) is 18.5 Å². The van der Waals surface area contributed by atoms with Crippen molar-refractivity contribution in [3.63, 3.8) is 0 Å². The van der Waals surface area contributed by atoms with Gasteiger partial charge in [-0.05, 0) is 24.3 Å². The Morgan fingerprint density at radius 3 is 2.33 bits per heavy atom. The first-order valence-electron chi connectivity index (χ1n) is 3.53. The molecule has 1 N–H and O–H groups in total. The van der Waals surface area contributed by atoms with E-state index in [4.69, 9.17) is 5.11 Å². The Morgan fingerprint density at radius 1 is 1.42 bits per heavy atom. The van der Waals surface area contributed by atoms with Crippen LogP contribution < -0.4 is 0 Å². The molecular formula is C8H9NO3. The number of hydrogen-bond donors (Lipinski definition) is 1. The number of hydrogen-bond acceptors (Lipinski definition) is 3. The van der Waals surface area contributed by atoms with Crippen molar-refractivity contribution in [1.82, 2.24) is 0 Å². The smallest absolute Gasteiger partial charge is 0.235 e. The number of rotatable bonds is 2. The molecule has 1 aromatic rings. The Labute approximate surface area is 69.6 Å². The van der Waals surface area contributed by atoms with Gasteiger partial charge in [-0.2, -0.15) is 0 Å². The van der Waals surface area contributed by atoms with Gasteiger partial charge in [0.05, 0.1) is 0 Å². The molecule has 0 spiro atoms. The molecule has 64 valence electrons. The van der Waals surface area contributed by atoms with E-state index in [2.05, 4.69) is 0 Å². The SMILES string of the molecule is CC(c1ccc(O)cc1)[N+](=O)[O-].